The van der Waals surface area contributed by atoms with E-state index in [4.69, 9.17) is 5.11 Å². The van der Waals surface area contributed by atoms with Crippen LogP contribution in [0.5, 0.6) is 0 Å². The second kappa shape index (κ2) is 5.03. The lowest BCUT2D eigenvalue weighted by molar-refractivity contribution is 0.0698. The van der Waals surface area contributed by atoms with Crippen LogP contribution in [0.1, 0.15) is 15.9 Å². The number of aromatic nitrogens is 1. The Bertz CT molecular complexity index is 550. The fourth-order valence-electron chi connectivity index (χ4n) is 1.36. The number of carboxylic acids is 1. The number of para-hydroxylation sites is 1. The van der Waals surface area contributed by atoms with Gasteiger partial charge in [-0.1, -0.05) is 12.1 Å². The van der Waals surface area contributed by atoms with Gasteiger partial charge in [0.15, 0.2) is 0 Å². The van der Waals surface area contributed by atoms with Crippen molar-refractivity contribution in [3.63, 3.8) is 0 Å². The van der Waals surface area contributed by atoms with Gasteiger partial charge in [0.1, 0.15) is 0 Å². The molecule has 0 bridgehead atoms. The van der Waals surface area contributed by atoms with Gasteiger partial charge >= 0.3 is 5.97 Å². The minimum atomic E-state index is -0.979. The van der Waals surface area contributed by atoms with Gasteiger partial charge < -0.3 is 5.11 Å². The topological polar surface area (TPSA) is 62.5 Å². The second-order valence-electron chi connectivity index (χ2n) is 3.36. The number of carbonyl (C=O) groups is 1. The van der Waals surface area contributed by atoms with E-state index >= 15 is 0 Å². The molecule has 4 heteroatoms. The molecule has 2 rings (SSSR count). The summed E-state index contributed by atoms with van der Waals surface area (Å²) < 4.78 is 0. The molecule has 84 valence electrons. The Morgan fingerprint density at radius 1 is 1.18 bits per heavy atom. The fraction of sp³-hybridized carbons (Fsp3) is 0. The van der Waals surface area contributed by atoms with Gasteiger partial charge in [0.25, 0.3) is 0 Å². The summed E-state index contributed by atoms with van der Waals surface area (Å²) in [5, 5.41) is 8.98. The van der Waals surface area contributed by atoms with Crippen molar-refractivity contribution >= 4 is 17.9 Å². The van der Waals surface area contributed by atoms with Crippen molar-refractivity contribution in [3.8, 4) is 0 Å². The molecule has 1 aromatic carbocycles. The van der Waals surface area contributed by atoms with Crippen molar-refractivity contribution in [3.05, 3.63) is 59.9 Å². The van der Waals surface area contributed by atoms with Crippen molar-refractivity contribution in [2.24, 2.45) is 4.99 Å². The van der Waals surface area contributed by atoms with E-state index in [9.17, 15) is 4.79 Å². The lowest BCUT2D eigenvalue weighted by atomic mass is 10.2. The Hall–Kier alpha value is -2.49. The zero-order valence-electron chi connectivity index (χ0n) is 8.95. The van der Waals surface area contributed by atoms with Crippen molar-refractivity contribution in [2.45, 2.75) is 0 Å². The van der Waals surface area contributed by atoms with Crippen molar-refractivity contribution in [1.29, 1.82) is 0 Å². The predicted octanol–water partition coefficient (Wildman–Crippen LogP) is 2.53. The summed E-state index contributed by atoms with van der Waals surface area (Å²) in [4.78, 5) is 19.0. The highest BCUT2D eigenvalue weighted by Crippen LogP contribution is 2.18. The van der Waals surface area contributed by atoms with Crippen molar-refractivity contribution in [2.75, 3.05) is 0 Å². The monoisotopic (exact) mass is 226 g/mol. The van der Waals surface area contributed by atoms with E-state index in [1.807, 2.05) is 0 Å². The van der Waals surface area contributed by atoms with Gasteiger partial charge in [-0.25, -0.2) is 4.79 Å². The lowest BCUT2D eigenvalue weighted by Gasteiger charge is -1.99. The summed E-state index contributed by atoms with van der Waals surface area (Å²) in [5.41, 5.74) is 1.51. The molecule has 0 aliphatic heterocycles. The first kappa shape index (κ1) is 11.0. The number of rotatable bonds is 3. The first-order chi connectivity index (χ1) is 8.27. The van der Waals surface area contributed by atoms with E-state index in [0.717, 1.165) is 5.56 Å². The van der Waals surface area contributed by atoms with Crippen LogP contribution in [0.25, 0.3) is 0 Å². The molecule has 0 amide bonds. The van der Waals surface area contributed by atoms with Crippen LogP contribution in [-0.2, 0) is 0 Å². The fourth-order valence-corrected chi connectivity index (χ4v) is 1.36. The Morgan fingerprint density at radius 2 is 1.88 bits per heavy atom. The van der Waals surface area contributed by atoms with Crippen LogP contribution in [0.4, 0.5) is 5.69 Å². The van der Waals surface area contributed by atoms with E-state index in [2.05, 4.69) is 9.98 Å². The maximum absolute atomic E-state index is 10.9. The zero-order chi connectivity index (χ0) is 12.1. The number of aromatic carboxylic acids is 1. The third kappa shape index (κ3) is 2.75. The van der Waals surface area contributed by atoms with Gasteiger partial charge in [0.2, 0.25) is 0 Å². The molecule has 0 atom stereocenters. The van der Waals surface area contributed by atoms with Gasteiger partial charge in [0.05, 0.1) is 11.3 Å². The highest BCUT2D eigenvalue weighted by atomic mass is 16.4. The molecule has 0 fully saturated rings. The first-order valence-electron chi connectivity index (χ1n) is 5.04. The molecule has 0 unspecified atom stereocenters. The van der Waals surface area contributed by atoms with Crippen LogP contribution >= 0.6 is 0 Å². The van der Waals surface area contributed by atoms with E-state index in [0.29, 0.717) is 5.69 Å². The second-order valence-corrected chi connectivity index (χ2v) is 3.36. The largest absolute Gasteiger partial charge is 0.478 e. The van der Waals surface area contributed by atoms with Gasteiger partial charge in [-0.3, -0.25) is 9.98 Å². The molecule has 4 nitrogen and oxygen atoms in total. The highest BCUT2D eigenvalue weighted by Gasteiger charge is 2.06. The standard InChI is InChI=1S/C13H10N2O2/c16-13(17)11-3-1-2-4-12(11)15-9-10-5-7-14-8-6-10/h1-9H,(H,16,17). The molecule has 17 heavy (non-hydrogen) atoms. The highest BCUT2D eigenvalue weighted by molar-refractivity contribution is 5.95. The summed E-state index contributed by atoms with van der Waals surface area (Å²) in [5.74, 6) is -0.979. The summed E-state index contributed by atoms with van der Waals surface area (Å²) in [6.45, 7) is 0. The Balaban J connectivity index is 2.30. The number of aliphatic imine (C=N–C) groups is 1. The molecule has 1 heterocycles. The molecule has 0 saturated heterocycles. The number of carboxylic acid groups (broad SMARTS) is 1. The molecular formula is C13H10N2O2. The molecule has 0 spiro atoms. The van der Waals surface area contributed by atoms with Crippen LogP contribution in [0.2, 0.25) is 0 Å². The quantitative estimate of drug-likeness (QED) is 0.818. The first-order valence-corrected chi connectivity index (χ1v) is 5.04. The number of benzene rings is 1. The van der Waals surface area contributed by atoms with E-state index in [-0.39, 0.29) is 5.56 Å². The molecule has 0 aliphatic rings. The molecule has 0 aliphatic carbocycles. The van der Waals surface area contributed by atoms with Crippen LogP contribution in [0.3, 0.4) is 0 Å². The smallest absolute Gasteiger partial charge is 0.337 e. The average molecular weight is 226 g/mol. The third-order valence-corrected chi connectivity index (χ3v) is 2.19. The normalized spacial score (nSPS) is 10.6. The minimum absolute atomic E-state index is 0.192. The Labute approximate surface area is 98.3 Å². The number of nitrogens with zero attached hydrogens (tertiary/aromatic N) is 2. The average Bonchev–Trinajstić information content (AvgIpc) is 2.38. The molecule has 0 saturated carbocycles. The number of hydrogen-bond donors (Lipinski definition) is 1. The van der Waals surface area contributed by atoms with Gasteiger partial charge in [-0.2, -0.15) is 0 Å². The van der Waals surface area contributed by atoms with Crippen LogP contribution in [0, 0.1) is 0 Å². The van der Waals surface area contributed by atoms with Crippen molar-refractivity contribution in [1.82, 2.24) is 4.98 Å². The number of hydrogen-bond acceptors (Lipinski definition) is 3. The van der Waals surface area contributed by atoms with E-state index < -0.39 is 5.97 Å². The summed E-state index contributed by atoms with van der Waals surface area (Å²) >= 11 is 0. The molecular weight excluding hydrogens is 216 g/mol. The Morgan fingerprint density at radius 3 is 2.59 bits per heavy atom. The van der Waals surface area contributed by atoms with Crippen LogP contribution in [-0.4, -0.2) is 22.3 Å². The zero-order valence-corrected chi connectivity index (χ0v) is 8.95. The lowest BCUT2D eigenvalue weighted by Crippen LogP contribution is -1.96. The van der Waals surface area contributed by atoms with Gasteiger partial charge in [-0.05, 0) is 29.8 Å². The van der Waals surface area contributed by atoms with Crippen LogP contribution < -0.4 is 0 Å². The minimum Gasteiger partial charge on any atom is -0.478 e. The molecule has 0 radical (unpaired) electrons. The molecule has 1 aromatic heterocycles. The predicted molar refractivity (Wildman–Crippen MR) is 64.9 cm³/mol. The van der Waals surface area contributed by atoms with Crippen molar-refractivity contribution < 1.29 is 9.90 Å². The third-order valence-electron chi connectivity index (χ3n) is 2.19. The molecule has 2 aromatic rings. The van der Waals surface area contributed by atoms with Gasteiger partial charge in [-0.15, -0.1) is 0 Å². The summed E-state index contributed by atoms with van der Waals surface area (Å²) in [6.07, 6.45) is 4.93. The van der Waals surface area contributed by atoms with Crippen LogP contribution in [0.15, 0.2) is 53.8 Å². The van der Waals surface area contributed by atoms with Gasteiger partial charge in [0, 0.05) is 18.6 Å². The number of pyridine rings is 1. The van der Waals surface area contributed by atoms with E-state index in [1.165, 1.54) is 6.07 Å². The summed E-state index contributed by atoms with van der Waals surface area (Å²) in [7, 11) is 0. The maximum atomic E-state index is 10.9. The maximum Gasteiger partial charge on any atom is 0.337 e. The molecule has 1 N–H and O–H groups in total. The SMILES string of the molecule is O=C(O)c1ccccc1N=Cc1ccncc1. The Kier molecular flexibility index (Phi) is 3.25. The van der Waals surface area contributed by atoms with E-state index in [1.54, 1.807) is 48.9 Å². The summed E-state index contributed by atoms with van der Waals surface area (Å²) in [6, 6.07) is 10.2.